The third kappa shape index (κ3) is 6.20. The van der Waals surface area contributed by atoms with Crippen molar-refractivity contribution < 1.29 is 9.59 Å². The molecule has 7 heteroatoms. The first-order valence-electron chi connectivity index (χ1n) is 9.78. The number of nitrogens with zero attached hydrogens (tertiary/aromatic N) is 1. The van der Waals surface area contributed by atoms with Crippen LogP contribution in [0, 0.1) is 0 Å². The molecule has 0 saturated carbocycles. The van der Waals surface area contributed by atoms with E-state index in [-0.39, 0.29) is 18.4 Å². The van der Waals surface area contributed by atoms with E-state index in [1.165, 1.54) is 30.9 Å². The molecule has 1 atom stereocenters. The lowest BCUT2D eigenvalue weighted by molar-refractivity contribution is -0.115. The maximum atomic E-state index is 12.1. The van der Waals surface area contributed by atoms with Gasteiger partial charge >= 0.3 is 0 Å². The molecule has 0 spiro atoms. The smallest absolute Gasteiger partial charge is 0.251 e. The summed E-state index contributed by atoms with van der Waals surface area (Å²) in [5, 5.41) is 6.04. The fourth-order valence-electron chi connectivity index (χ4n) is 3.43. The van der Waals surface area contributed by atoms with Crippen molar-refractivity contribution in [3.05, 3.63) is 63.6 Å². The molecule has 1 aliphatic heterocycles. The number of carbonyl (C=O) groups excluding carboxylic acids is 2. The normalized spacial score (nSPS) is 17.0. The highest BCUT2D eigenvalue weighted by Crippen LogP contribution is 2.22. The highest BCUT2D eigenvalue weighted by Gasteiger charge is 2.18. The Hall–Kier alpha value is -2.08. The molecule has 1 unspecified atom stereocenters. The Morgan fingerprint density at radius 3 is 2.52 bits per heavy atom. The number of carbonyl (C=O) groups is 2. The average molecular weight is 434 g/mol. The Labute approximate surface area is 181 Å². The van der Waals surface area contributed by atoms with Crippen molar-refractivity contribution in [2.75, 3.05) is 18.4 Å². The van der Waals surface area contributed by atoms with E-state index in [0.717, 1.165) is 13.1 Å². The molecule has 1 fully saturated rings. The van der Waals surface area contributed by atoms with Crippen LogP contribution in [0.25, 0.3) is 0 Å². The fourth-order valence-corrected chi connectivity index (χ4v) is 3.72. The Balaban J connectivity index is 1.47. The number of likely N-dealkylation sites (tertiary alicyclic amines) is 1. The first-order valence-corrected chi connectivity index (χ1v) is 10.5. The van der Waals surface area contributed by atoms with E-state index in [9.17, 15) is 9.59 Å². The number of amides is 2. The van der Waals surface area contributed by atoms with E-state index in [1.807, 2.05) is 24.3 Å². The van der Waals surface area contributed by atoms with Crippen LogP contribution in [0.15, 0.2) is 42.5 Å². The molecule has 1 heterocycles. The van der Waals surface area contributed by atoms with Gasteiger partial charge in [0.15, 0.2) is 0 Å². The molecule has 2 amide bonds. The highest BCUT2D eigenvalue weighted by atomic mass is 35.5. The van der Waals surface area contributed by atoms with E-state index < -0.39 is 0 Å². The van der Waals surface area contributed by atoms with Crippen molar-refractivity contribution in [3.63, 3.8) is 0 Å². The Morgan fingerprint density at radius 1 is 1.07 bits per heavy atom. The van der Waals surface area contributed by atoms with E-state index in [0.29, 0.717) is 27.3 Å². The Morgan fingerprint density at radius 2 is 1.83 bits per heavy atom. The maximum absolute atomic E-state index is 12.1. The van der Waals surface area contributed by atoms with Crippen LogP contribution in [0.1, 0.15) is 42.1 Å². The minimum absolute atomic E-state index is 0.133. The number of anilines is 1. The molecule has 0 bridgehead atoms. The minimum Gasteiger partial charge on any atom is -0.343 e. The van der Waals surface area contributed by atoms with Crippen LogP contribution in [-0.4, -0.2) is 35.8 Å². The third-order valence-corrected chi connectivity index (χ3v) is 5.89. The van der Waals surface area contributed by atoms with Gasteiger partial charge in [0.25, 0.3) is 5.91 Å². The van der Waals surface area contributed by atoms with Gasteiger partial charge in [0.05, 0.1) is 16.6 Å². The molecule has 29 heavy (non-hydrogen) atoms. The summed E-state index contributed by atoms with van der Waals surface area (Å²) in [5.74, 6) is -0.680. The number of rotatable bonds is 6. The number of halogens is 2. The molecule has 1 aliphatic rings. The summed E-state index contributed by atoms with van der Waals surface area (Å²) in [4.78, 5) is 26.8. The zero-order valence-corrected chi connectivity index (χ0v) is 17.9. The van der Waals surface area contributed by atoms with Gasteiger partial charge in [-0.15, -0.1) is 0 Å². The molecule has 2 aromatic rings. The molecule has 3 rings (SSSR count). The molecule has 5 nitrogen and oxygen atoms in total. The maximum Gasteiger partial charge on any atom is 0.251 e. The Bertz CT molecular complexity index is 871. The predicted octanol–water partition coefficient (Wildman–Crippen LogP) is 4.74. The number of piperidine rings is 1. The molecule has 2 aromatic carbocycles. The summed E-state index contributed by atoms with van der Waals surface area (Å²) >= 11 is 11.8. The van der Waals surface area contributed by atoms with Crippen molar-refractivity contribution in [1.82, 2.24) is 10.2 Å². The van der Waals surface area contributed by atoms with Gasteiger partial charge in [0, 0.05) is 23.8 Å². The first-order chi connectivity index (χ1) is 13.9. The van der Waals surface area contributed by atoms with Crippen molar-refractivity contribution in [2.24, 2.45) is 0 Å². The Kier molecular flexibility index (Phi) is 7.53. The number of benzene rings is 2. The van der Waals surface area contributed by atoms with Crippen molar-refractivity contribution in [3.8, 4) is 0 Å². The highest BCUT2D eigenvalue weighted by molar-refractivity contribution is 6.42. The van der Waals surface area contributed by atoms with Crippen molar-refractivity contribution >= 4 is 40.7 Å². The first kappa shape index (κ1) is 21.6. The molecule has 0 aromatic heterocycles. The number of hydrogen-bond acceptors (Lipinski definition) is 3. The summed E-state index contributed by atoms with van der Waals surface area (Å²) in [6, 6.07) is 13.0. The van der Waals surface area contributed by atoms with Gasteiger partial charge in [0.2, 0.25) is 5.91 Å². The molecular formula is C22H25Cl2N3O2. The van der Waals surface area contributed by atoms with E-state index in [2.05, 4.69) is 22.5 Å². The summed E-state index contributed by atoms with van der Waals surface area (Å²) in [7, 11) is 0. The van der Waals surface area contributed by atoms with Crippen molar-refractivity contribution in [2.45, 2.75) is 38.8 Å². The van der Waals surface area contributed by atoms with Crippen LogP contribution in [-0.2, 0) is 11.3 Å². The summed E-state index contributed by atoms with van der Waals surface area (Å²) in [6.07, 6.45) is 3.82. The van der Waals surface area contributed by atoms with Crippen LogP contribution in [0.3, 0.4) is 0 Å². The van der Waals surface area contributed by atoms with Crippen LogP contribution in [0.5, 0.6) is 0 Å². The zero-order chi connectivity index (χ0) is 20.8. The molecular weight excluding hydrogens is 409 g/mol. The van der Waals surface area contributed by atoms with Gasteiger partial charge in [-0.05, 0) is 62.2 Å². The van der Waals surface area contributed by atoms with Gasteiger partial charge in [-0.1, -0.05) is 41.8 Å². The van der Waals surface area contributed by atoms with Gasteiger partial charge in [-0.3, -0.25) is 14.5 Å². The monoisotopic (exact) mass is 433 g/mol. The van der Waals surface area contributed by atoms with Crippen LogP contribution < -0.4 is 10.6 Å². The van der Waals surface area contributed by atoms with Gasteiger partial charge < -0.3 is 10.6 Å². The largest absolute Gasteiger partial charge is 0.343 e. The third-order valence-electron chi connectivity index (χ3n) is 5.16. The van der Waals surface area contributed by atoms with E-state index in [1.54, 1.807) is 12.1 Å². The lowest BCUT2D eigenvalue weighted by Crippen LogP contribution is -2.36. The molecule has 1 saturated heterocycles. The summed E-state index contributed by atoms with van der Waals surface area (Å²) in [6.45, 7) is 4.21. The van der Waals surface area contributed by atoms with E-state index >= 15 is 0 Å². The summed E-state index contributed by atoms with van der Waals surface area (Å²) in [5.41, 5.74) is 2.28. The van der Waals surface area contributed by atoms with Crippen molar-refractivity contribution in [1.29, 1.82) is 0 Å². The second-order valence-corrected chi connectivity index (χ2v) is 8.19. The second kappa shape index (κ2) is 10.1. The number of nitrogens with one attached hydrogen (secondary N) is 2. The standard InChI is InChI=1S/C22H25Cl2N3O2/c1-15-4-2-3-11-27(15)14-16-5-8-18(9-6-16)26-21(28)13-25-22(29)17-7-10-19(23)20(24)12-17/h5-10,12,15H,2-4,11,13-14H2,1H3,(H,25,29)(H,26,28). The predicted molar refractivity (Wildman–Crippen MR) is 118 cm³/mol. The molecule has 2 N–H and O–H groups in total. The van der Waals surface area contributed by atoms with Gasteiger partial charge in [0.1, 0.15) is 0 Å². The SMILES string of the molecule is CC1CCCCN1Cc1ccc(NC(=O)CNC(=O)c2ccc(Cl)c(Cl)c2)cc1. The van der Waals surface area contributed by atoms with Gasteiger partial charge in [-0.25, -0.2) is 0 Å². The summed E-state index contributed by atoms with van der Waals surface area (Å²) < 4.78 is 0. The number of hydrogen-bond donors (Lipinski definition) is 2. The zero-order valence-electron chi connectivity index (χ0n) is 16.4. The lowest BCUT2D eigenvalue weighted by atomic mass is 10.0. The van der Waals surface area contributed by atoms with Crippen LogP contribution in [0.4, 0.5) is 5.69 Å². The van der Waals surface area contributed by atoms with Crippen LogP contribution in [0.2, 0.25) is 10.0 Å². The molecule has 0 aliphatic carbocycles. The molecule has 0 radical (unpaired) electrons. The fraction of sp³-hybridized carbons (Fsp3) is 0.364. The van der Waals surface area contributed by atoms with E-state index in [4.69, 9.17) is 23.2 Å². The second-order valence-electron chi connectivity index (χ2n) is 7.37. The molecule has 154 valence electrons. The lowest BCUT2D eigenvalue weighted by Gasteiger charge is -2.33. The quantitative estimate of drug-likeness (QED) is 0.691. The minimum atomic E-state index is -0.385. The van der Waals surface area contributed by atoms with Crippen LogP contribution >= 0.6 is 23.2 Å². The average Bonchev–Trinajstić information content (AvgIpc) is 2.71. The van der Waals surface area contributed by atoms with Gasteiger partial charge in [-0.2, -0.15) is 0 Å². The topological polar surface area (TPSA) is 61.4 Å².